The van der Waals surface area contributed by atoms with Crippen molar-refractivity contribution in [3.63, 3.8) is 0 Å². The average molecular weight is 629 g/mol. The van der Waals surface area contributed by atoms with Crippen LogP contribution in [0.25, 0.3) is 0 Å². The summed E-state index contributed by atoms with van der Waals surface area (Å²) in [7, 11) is -2.25. The molecule has 10 heteroatoms. The normalized spacial score (nSPS) is 32.8. The molecule has 8 nitrogen and oxygen atoms in total. The molecule has 43 heavy (non-hydrogen) atoms. The van der Waals surface area contributed by atoms with Crippen molar-refractivity contribution in [2.75, 3.05) is 44.1 Å². The second-order valence-corrected chi connectivity index (χ2v) is 15.1. The van der Waals surface area contributed by atoms with Crippen LogP contribution in [0.4, 0.5) is 5.69 Å². The first-order valence-electron chi connectivity index (χ1n) is 15.3. The smallest absolute Gasteiger partial charge is 0.264 e. The third-order valence-electron chi connectivity index (χ3n) is 10.1. The molecule has 0 aromatic heterocycles. The molecule has 232 valence electrons. The number of amides is 1. The van der Waals surface area contributed by atoms with Crippen molar-refractivity contribution >= 4 is 33.2 Å². The molecule has 1 fully saturated rings. The van der Waals surface area contributed by atoms with Crippen LogP contribution in [0.1, 0.15) is 54.1 Å². The number of fused-ring (bicyclic) bond motifs is 4. The third-order valence-corrected chi connectivity index (χ3v) is 11.8. The Bertz CT molecular complexity index is 1510. The molecule has 0 unspecified atom stereocenters. The van der Waals surface area contributed by atoms with E-state index in [0.29, 0.717) is 24.8 Å². The number of sulfonamides is 1. The zero-order chi connectivity index (χ0) is 30.4. The standard InChI is InChI=1S/C33H41ClN2O6S/c1-21-18-43(39,40)35-32(38)23-6-12-31-29(15-23)36(16-24-5-9-27(24)30(41-2)11-7-25(21)17-37)19-33(20-42-31)13-3-4-22-14-26(34)8-10-28(22)33/h6-8,10-12,14-15,21,24-25,27,30,37H,3-5,9,13,16-20H2,1-2H3,(H,35,38)/b11-7+/t21-,24-,25-,27+,30-,33-/m0/s1. The van der Waals surface area contributed by atoms with Gasteiger partial charge in [0.1, 0.15) is 5.75 Å². The van der Waals surface area contributed by atoms with Crippen molar-refractivity contribution in [2.24, 2.45) is 23.7 Å². The molecular formula is C33H41ClN2O6S. The molecule has 2 aromatic rings. The number of hydrogen-bond acceptors (Lipinski definition) is 7. The summed E-state index contributed by atoms with van der Waals surface area (Å²) in [5, 5.41) is 10.8. The third kappa shape index (κ3) is 6.06. The van der Waals surface area contributed by atoms with E-state index >= 15 is 0 Å². The Hall–Kier alpha value is -2.59. The highest BCUT2D eigenvalue weighted by Crippen LogP contribution is 2.47. The Balaban J connectivity index is 1.43. The minimum absolute atomic E-state index is 0.148. The maximum absolute atomic E-state index is 13.3. The van der Waals surface area contributed by atoms with E-state index in [1.54, 1.807) is 32.2 Å². The summed E-state index contributed by atoms with van der Waals surface area (Å²) >= 11 is 6.40. The Morgan fingerprint density at radius 1 is 1.19 bits per heavy atom. The summed E-state index contributed by atoms with van der Waals surface area (Å²) < 4.78 is 40.9. The molecular weight excluding hydrogens is 588 g/mol. The van der Waals surface area contributed by atoms with Crippen LogP contribution >= 0.6 is 11.6 Å². The number of hydrogen-bond donors (Lipinski definition) is 2. The highest BCUT2D eigenvalue weighted by molar-refractivity contribution is 7.90. The molecule has 6 rings (SSSR count). The van der Waals surface area contributed by atoms with Gasteiger partial charge in [-0.25, -0.2) is 13.1 Å². The van der Waals surface area contributed by atoms with Crippen LogP contribution in [0.3, 0.4) is 0 Å². The van der Waals surface area contributed by atoms with E-state index in [2.05, 4.69) is 21.8 Å². The highest BCUT2D eigenvalue weighted by Gasteiger charge is 2.44. The van der Waals surface area contributed by atoms with Crippen LogP contribution in [-0.4, -0.2) is 64.7 Å². The number of rotatable bonds is 2. The fraction of sp³-hybridized carbons (Fsp3) is 0.545. The number of benzene rings is 2. The van der Waals surface area contributed by atoms with Crippen molar-refractivity contribution in [1.29, 1.82) is 0 Å². The summed E-state index contributed by atoms with van der Waals surface area (Å²) in [6.07, 6.45) is 8.78. The Morgan fingerprint density at radius 3 is 2.77 bits per heavy atom. The van der Waals surface area contributed by atoms with Gasteiger partial charge in [0.05, 0.1) is 24.2 Å². The quantitative estimate of drug-likeness (QED) is 0.464. The van der Waals surface area contributed by atoms with E-state index in [0.717, 1.165) is 49.4 Å². The molecule has 4 aliphatic rings. The van der Waals surface area contributed by atoms with Gasteiger partial charge >= 0.3 is 0 Å². The number of aryl methyl sites for hydroxylation is 1. The highest BCUT2D eigenvalue weighted by atomic mass is 35.5. The first-order chi connectivity index (χ1) is 20.6. The van der Waals surface area contributed by atoms with Gasteiger partial charge in [-0.3, -0.25) is 4.79 Å². The van der Waals surface area contributed by atoms with Gasteiger partial charge in [-0.05, 0) is 91.3 Å². The monoisotopic (exact) mass is 628 g/mol. The van der Waals surface area contributed by atoms with E-state index in [1.807, 2.05) is 18.2 Å². The zero-order valence-corrected chi connectivity index (χ0v) is 26.4. The number of halogens is 1. The van der Waals surface area contributed by atoms with Crippen molar-refractivity contribution in [2.45, 2.75) is 50.5 Å². The number of aliphatic hydroxyl groups is 1. The lowest BCUT2D eigenvalue weighted by atomic mass is 9.68. The lowest BCUT2D eigenvalue weighted by Gasteiger charge is -2.46. The number of carbonyl (C=O) groups excluding carboxylic acids is 1. The minimum Gasteiger partial charge on any atom is -0.490 e. The van der Waals surface area contributed by atoms with E-state index in [1.165, 1.54) is 11.1 Å². The summed E-state index contributed by atoms with van der Waals surface area (Å²) in [5.41, 5.74) is 3.33. The van der Waals surface area contributed by atoms with Crippen LogP contribution in [0.5, 0.6) is 5.75 Å². The number of carbonyl (C=O) groups is 1. The van der Waals surface area contributed by atoms with Gasteiger partial charge in [-0.2, -0.15) is 0 Å². The van der Waals surface area contributed by atoms with Crippen LogP contribution < -0.4 is 14.4 Å². The molecule has 1 saturated carbocycles. The first-order valence-corrected chi connectivity index (χ1v) is 17.3. The lowest BCUT2D eigenvalue weighted by Crippen LogP contribution is -2.49. The second-order valence-electron chi connectivity index (χ2n) is 12.9. The SMILES string of the molecule is CO[C@H]1/C=C/[C@@H](CO)[C@@H](C)CS(=O)(=O)NC(=O)c2ccc3c(c2)N(C[C@@H]2CC[C@H]21)C[C@@]1(CCCc2cc(Cl)ccc21)CO3. The number of methoxy groups -OCH3 is 1. The molecule has 2 aliphatic carbocycles. The Labute approximate surface area is 259 Å². The second kappa shape index (κ2) is 12.1. The summed E-state index contributed by atoms with van der Waals surface area (Å²) in [5.74, 6) is -0.433. The first kappa shape index (κ1) is 30.4. The van der Waals surface area contributed by atoms with Crippen molar-refractivity contribution in [3.05, 3.63) is 70.3 Å². The van der Waals surface area contributed by atoms with Crippen LogP contribution in [0.2, 0.25) is 5.02 Å². The molecule has 0 saturated heterocycles. The van der Waals surface area contributed by atoms with Gasteiger partial charge in [0.15, 0.2) is 0 Å². The van der Waals surface area contributed by atoms with Gasteiger partial charge < -0.3 is 19.5 Å². The summed E-state index contributed by atoms with van der Waals surface area (Å²) in [6, 6.07) is 11.4. The number of nitrogens with zero attached hydrogens (tertiary/aromatic N) is 1. The molecule has 1 amide bonds. The van der Waals surface area contributed by atoms with E-state index in [-0.39, 0.29) is 41.3 Å². The molecule has 2 N–H and O–H groups in total. The van der Waals surface area contributed by atoms with Gasteiger partial charge in [0, 0.05) is 48.7 Å². The number of anilines is 1. The maximum Gasteiger partial charge on any atom is 0.264 e. The largest absolute Gasteiger partial charge is 0.490 e. The maximum atomic E-state index is 13.3. The van der Waals surface area contributed by atoms with Crippen LogP contribution in [0.15, 0.2) is 48.6 Å². The Morgan fingerprint density at radius 2 is 2.02 bits per heavy atom. The molecule has 2 heterocycles. The van der Waals surface area contributed by atoms with Crippen LogP contribution in [0, 0.1) is 23.7 Å². The van der Waals surface area contributed by atoms with Crippen molar-refractivity contribution in [3.8, 4) is 5.75 Å². The number of nitrogens with one attached hydrogen (secondary N) is 1. The molecule has 6 atom stereocenters. The molecule has 2 aliphatic heterocycles. The molecule has 1 spiro atoms. The zero-order valence-electron chi connectivity index (χ0n) is 24.8. The fourth-order valence-corrected chi connectivity index (χ4v) is 9.20. The molecule has 2 aromatic carbocycles. The lowest BCUT2D eigenvalue weighted by molar-refractivity contribution is 0.0128. The molecule has 0 radical (unpaired) electrons. The minimum atomic E-state index is -3.96. The van der Waals surface area contributed by atoms with Crippen LogP contribution in [-0.2, 0) is 26.6 Å². The van der Waals surface area contributed by atoms with E-state index in [4.69, 9.17) is 21.1 Å². The van der Waals surface area contributed by atoms with Gasteiger partial charge in [0.2, 0.25) is 10.0 Å². The average Bonchev–Trinajstić information content (AvgIpc) is 3.10. The summed E-state index contributed by atoms with van der Waals surface area (Å²) in [4.78, 5) is 15.7. The van der Waals surface area contributed by atoms with E-state index in [9.17, 15) is 18.3 Å². The number of ether oxygens (including phenoxy) is 2. The van der Waals surface area contributed by atoms with Gasteiger partial charge in [-0.1, -0.05) is 36.7 Å². The fourth-order valence-electron chi connectivity index (χ4n) is 7.58. The van der Waals surface area contributed by atoms with Gasteiger partial charge in [-0.15, -0.1) is 0 Å². The Kier molecular flexibility index (Phi) is 8.54. The van der Waals surface area contributed by atoms with E-state index < -0.39 is 21.8 Å². The predicted molar refractivity (Wildman–Crippen MR) is 167 cm³/mol. The predicted octanol–water partition coefficient (Wildman–Crippen LogP) is 4.73. The topological polar surface area (TPSA) is 105 Å². The number of aliphatic hydroxyl groups excluding tert-OH is 1. The summed E-state index contributed by atoms with van der Waals surface area (Å²) in [6.45, 7) is 3.54. The van der Waals surface area contributed by atoms with Gasteiger partial charge in [0.25, 0.3) is 5.91 Å². The van der Waals surface area contributed by atoms with Crippen molar-refractivity contribution in [1.82, 2.24) is 4.72 Å². The molecule has 2 bridgehead atoms. The van der Waals surface area contributed by atoms with Crippen molar-refractivity contribution < 1.29 is 27.8 Å².